The normalized spacial score (nSPS) is 15.9. The minimum Gasteiger partial charge on any atom is -0.494 e. The summed E-state index contributed by atoms with van der Waals surface area (Å²) in [6.45, 7) is 0. The van der Waals surface area contributed by atoms with Gasteiger partial charge in [0.1, 0.15) is 0 Å². The Morgan fingerprint density at radius 2 is 2.12 bits per heavy atom. The molecular weight excluding hydrogens is 221 g/mol. The van der Waals surface area contributed by atoms with Crippen LogP contribution in [0.4, 0.5) is 4.39 Å². The molecule has 1 N–H and O–H groups in total. The first-order valence-corrected chi connectivity index (χ1v) is 5.85. The number of halogens is 1. The lowest BCUT2D eigenvalue weighted by molar-refractivity contribution is 0.0937. The molecular formula is C13H16FNO2. The molecule has 92 valence electrons. The number of carbonyl (C=O) groups is 1. The van der Waals surface area contributed by atoms with E-state index in [1.807, 2.05) is 0 Å². The van der Waals surface area contributed by atoms with Crippen LogP contribution in [-0.4, -0.2) is 19.1 Å². The van der Waals surface area contributed by atoms with E-state index in [9.17, 15) is 9.18 Å². The summed E-state index contributed by atoms with van der Waals surface area (Å²) in [5.41, 5.74) is 0.343. The summed E-state index contributed by atoms with van der Waals surface area (Å²) in [6, 6.07) is 4.50. The molecule has 0 saturated heterocycles. The van der Waals surface area contributed by atoms with Crippen molar-refractivity contribution in [3.63, 3.8) is 0 Å². The van der Waals surface area contributed by atoms with Crippen LogP contribution in [0.25, 0.3) is 0 Å². The molecule has 1 fully saturated rings. The molecule has 1 aliphatic carbocycles. The van der Waals surface area contributed by atoms with Crippen LogP contribution in [0.5, 0.6) is 5.75 Å². The summed E-state index contributed by atoms with van der Waals surface area (Å²) in [6.07, 6.45) is 4.35. The highest BCUT2D eigenvalue weighted by Gasteiger charge is 2.18. The van der Waals surface area contributed by atoms with Crippen molar-refractivity contribution in [2.24, 2.45) is 0 Å². The van der Waals surface area contributed by atoms with Crippen LogP contribution < -0.4 is 10.1 Å². The monoisotopic (exact) mass is 237 g/mol. The Morgan fingerprint density at radius 3 is 2.71 bits per heavy atom. The zero-order valence-electron chi connectivity index (χ0n) is 9.83. The Bertz CT molecular complexity index is 414. The summed E-state index contributed by atoms with van der Waals surface area (Å²) in [4.78, 5) is 11.8. The molecule has 1 aromatic rings. The number of amides is 1. The molecule has 0 heterocycles. The highest BCUT2D eigenvalue weighted by Crippen LogP contribution is 2.20. The van der Waals surface area contributed by atoms with Gasteiger partial charge < -0.3 is 10.1 Å². The van der Waals surface area contributed by atoms with Crippen molar-refractivity contribution >= 4 is 5.91 Å². The molecule has 0 aliphatic heterocycles. The Balaban J connectivity index is 2.05. The quantitative estimate of drug-likeness (QED) is 0.877. The zero-order chi connectivity index (χ0) is 12.3. The second kappa shape index (κ2) is 5.17. The molecule has 17 heavy (non-hydrogen) atoms. The summed E-state index contributed by atoms with van der Waals surface area (Å²) in [5.74, 6) is -0.563. The van der Waals surface area contributed by atoms with Gasteiger partial charge in [-0.3, -0.25) is 4.79 Å². The van der Waals surface area contributed by atoms with Crippen LogP contribution >= 0.6 is 0 Å². The fourth-order valence-corrected chi connectivity index (χ4v) is 2.15. The maximum atomic E-state index is 13.4. The van der Waals surface area contributed by atoms with E-state index < -0.39 is 5.82 Å². The van der Waals surface area contributed by atoms with E-state index in [1.54, 1.807) is 6.07 Å². The summed E-state index contributed by atoms with van der Waals surface area (Å²) < 4.78 is 18.2. The molecule has 1 saturated carbocycles. The molecule has 1 aliphatic rings. The van der Waals surface area contributed by atoms with Crippen molar-refractivity contribution in [1.29, 1.82) is 0 Å². The Morgan fingerprint density at radius 1 is 1.41 bits per heavy atom. The van der Waals surface area contributed by atoms with Crippen molar-refractivity contribution in [3.8, 4) is 5.75 Å². The summed E-state index contributed by atoms with van der Waals surface area (Å²) in [7, 11) is 1.40. The van der Waals surface area contributed by atoms with E-state index in [4.69, 9.17) is 4.74 Å². The predicted molar refractivity (Wildman–Crippen MR) is 62.7 cm³/mol. The number of methoxy groups -OCH3 is 1. The van der Waals surface area contributed by atoms with E-state index in [0.29, 0.717) is 5.56 Å². The van der Waals surface area contributed by atoms with Gasteiger partial charge in [0.05, 0.1) is 7.11 Å². The average Bonchev–Trinajstić information content (AvgIpc) is 2.81. The zero-order valence-corrected chi connectivity index (χ0v) is 9.83. The van der Waals surface area contributed by atoms with Crippen LogP contribution in [0, 0.1) is 5.82 Å². The van der Waals surface area contributed by atoms with Gasteiger partial charge in [0.25, 0.3) is 5.91 Å². The van der Waals surface area contributed by atoms with Gasteiger partial charge in [0.15, 0.2) is 11.6 Å². The van der Waals surface area contributed by atoms with Gasteiger partial charge >= 0.3 is 0 Å². The van der Waals surface area contributed by atoms with Crippen molar-refractivity contribution in [2.75, 3.05) is 7.11 Å². The molecule has 4 heteroatoms. The average molecular weight is 237 g/mol. The van der Waals surface area contributed by atoms with Gasteiger partial charge in [-0.1, -0.05) is 12.8 Å². The highest BCUT2D eigenvalue weighted by atomic mass is 19.1. The van der Waals surface area contributed by atoms with Crippen LogP contribution in [0.15, 0.2) is 18.2 Å². The van der Waals surface area contributed by atoms with Crippen LogP contribution in [0.3, 0.4) is 0 Å². The number of benzene rings is 1. The molecule has 3 nitrogen and oxygen atoms in total. The number of nitrogens with one attached hydrogen (secondary N) is 1. The lowest BCUT2D eigenvalue weighted by Crippen LogP contribution is -2.32. The summed E-state index contributed by atoms with van der Waals surface area (Å²) >= 11 is 0. The maximum Gasteiger partial charge on any atom is 0.251 e. The largest absolute Gasteiger partial charge is 0.494 e. The number of hydrogen-bond donors (Lipinski definition) is 1. The van der Waals surface area contributed by atoms with Gasteiger partial charge in [-0.2, -0.15) is 0 Å². The number of rotatable bonds is 3. The first-order valence-electron chi connectivity index (χ1n) is 5.85. The third kappa shape index (κ3) is 2.75. The first kappa shape index (κ1) is 11.9. The lowest BCUT2D eigenvalue weighted by Gasteiger charge is -2.12. The van der Waals surface area contributed by atoms with Crippen LogP contribution in [0.2, 0.25) is 0 Å². The van der Waals surface area contributed by atoms with Crippen molar-refractivity contribution in [2.45, 2.75) is 31.7 Å². The highest BCUT2D eigenvalue weighted by molar-refractivity contribution is 5.94. The van der Waals surface area contributed by atoms with Gasteiger partial charge in [-0.05, 0) is 31.0 Å². The van der Waals surface area contributed by atoms with Crippen molar-refractivity contribution in [3.05, 3.63) is 29.6 Å². The second-order valence-electron chi connectivity index (χ2n) is 4.30. The van der Waals surface area contributed by atoms with Crippen molar-refractivity contribution < 1.29 is 13.9 Å². The molecule has 1 amide bonds. The molecule has 0 bridgehead atoms. The fourth-order valence-electron chi connectivity index (χ4n) is 2.15. The second-order valence-corrected chi connectivity index (χ2v) is 4.30. The topological polar surface area (TPSA) is 38.3 Å². The van der Waals surface area contributed by atoms with E-state index in [0.717, 1.165) is 25.7 Å². The van der Waals surface area contributed by atoms with Crippen LogP contribution in [-0.2, 0) is 0 Å². The van der Waals surface area contributed by atoms with Gasteiger partial charge in [-0.15, -0.1) is 0 Å². The van der Waals surface area contributed by atoms with Crippen molar-refractivity contribution in [1.82, 2.24) is 5.32 Å². The summed E-state index contributed by atoms with van der Waals surface area (Å²) in [5, 5.41) is 2.91. The third-order valence-corrected chi connectivity index (χ3v) is 3.10. The molecule has 1 aromatic carbocycles. The van der Waals surface area contributed by atoms with E-state index in [2.05, 4.69) is 5.32 Å². The SMILES string of the molecule is COc1ccc(C(=O)NC2CCCC2)cc1F. The standard InChI is InChI=1S/C13H16FNO2/c1-17-12-7-6-9(8-11(12)14)13(16)15-10-4-2-3-5-10/h6-8,10H,2-5H2,1H3,(H,15,16). The number of ether oxygens (including phenoxy) is 1. The third-order valence-electron chi connectivity index (χ3n) is 3.10. The number of hydrogen-bond acceptors (Lipinski definition) is 2. The molecule has 0 unspecified atom stereocenters. The molecule has 2 rings (SSSR count). The Kier molecular flexibility index (Phi) is 3.61. The van der Waals surface area contributed by atoms with E-state index in [-0.39, 0.29) is 17.7 Å². The van der Waals surface area contributed by atoms with E-state index >= 15 is 0 Å². The Hall–Kier alpha value is -1.58. The molecule has 0 atom stereocenters. The minimum atomic E-state index is -0.508. The smallest absolute Gasteiger partial charge is 0.251 e. The number of carbonyl (C=O) groups excluding carboxylic acids is 1. The minimum absolute atomic E-state index is 0.155. The Labute approximate surface area is 100.0 Å². The van der Waals surface area contributed by atoms with Gasteiger partial charge in [0.2, 0.25) is 0 Å². The molecule has 0 spiro atoms. The van der Waals surface area contributed by atoms with Crippen LogP contribution in [0.1, 0.15) is 36.0 Å². The maximum absolute atomic E-state index is 13.4. The molecule has 0 aromatic heterocycles. The predicted octanol–water partition coefficient (Wildman–Crippen LogP) is 2.51. The lowest BCUT2D eigenvalue weighted by atomic mass is 10.1. The fraction of sp³-hybridized carbons (Fsp3) is 0.462. The van der Waals surface area contributed by atoms with Gasteiger partial charge in [0, 0.05) is 11.6 Å². The van der Waals surface area contributed by atoms with E-state index in [1.165, 1.54) is 19.2 Å². The first-order chi connectivity index (χ1) is 8.20. The molecule has 0 radical (unpaired) electrons. The van der Waals surface area contributed by atoms with Gasteiger partial charge in [-0.25, -0.2) is 4.39 Å².